The number of carbonyl (C=O) groups excluding carboxylic acids is 1. The van der Waals surface area contributed by atoms with Gasteiger partial charge in [-0.15, -0.1) is 0 Å². The van der Waals surface area contributed by atoms with E-state index < -0.39 is 6.04 Å². The van der Waals surface area contributed by atoms with Crippen LogP contribution in [0.15, 0.2) is 30.3 Å². The highest BCUT2D eigenvalue weighted by molar-refractivity contribution is 5.81. The summed E-state index contributed by atoms with van der Waals surface area (Å²) in [6, 6.07) is 9.13. The molecule has 1 amide bonds. The largest absolute Gasteiger partial charge is 0.394 e. The monoisotopic (exact) mass is 222 g/mol. The first-order valence-corrected chi connectivity index (χ1v) is 5.30. The van der Waals surface area contributed by atoms with Gasteiger partial charge in [0.25, 0.3) is 0 Å². The number of likely N-dealkylation sites (N-methyl/N-ethyl adjacent to an activating group) is 1. The van der Waals surface area contributed by atoms with Gasteiger partial charge in [0, 0.05) is 13.6 Å². The van der Waals surface area contributed by atoms with E-state index in [1.165, 1.54) is 5.56 Å². The van der Waals surface area contributed by atoms with E-state index in [0.717, 1.165) is 6.42 Å². The van der Waals surface area contributed by atoms with Crippen LogP contribution in [-0.4, -0.2) is 42.2 Å². The molecule has 4 nitrogen and oxygen atoms in total. The van der Waals surface area contributed by atoms with Crippen LogP contribution in [0.1, 0.15) is 5.56 Å². The topological polar surface area (TPSA) is 66.6 Å². The molecule has 0 aliphatic carbocycles. The minimum Gasteiger partial charge on any atom is -0.394 e. The maximum absolute atomic E-state index is 11.5. The molecule has 0 bridgehead atoms. The van der Waals surface area contributed by atoms with Gasteiger partial charge in [0.05, 0.1) is 6.61 Å². The van der Waals surface area contributed by atoms with Gasteiger partial charge in [-0.3, -0.25) is 4.79 Å². The second-order valence-electron chi connectivity index (χ2n) is 3.78. The molecule has 4 heteroatoms. The van der Waals surface area contributed by atoms with Crippen LogP contribution in [0.5, 0.6) is 0 Å². The molecule has 0 radical (unpaired) electrons. The summed E-state index contributed by atoms with van der Waals surface area (Å²) < 4.78 is 0. The highest BCUT2D eigenvalue weighted by atomic mass is 16.3. The van der Waals surface area contributed by atoms with Crippen molar-refractivity contribution in [2.75, 3.05) is 20.2 Å². The zero-order chi connectivity index (χ0) is 12.0. The van der Waals surface area contributed by atoms with Crippen LogP contribution in [0.2, 0.25) is 0 Å². The van der Waals surface area contributed by atoms with Gasteiger partial charge in [0.2, 0.25) is 5.91 Å². The van der Waals surface area contributed by atoms with Crippen LogP contribution in [0.3, 0.4) is 0 Å². The van der Waals surface area contributed by atoms with Gasteiger partial charge in [-0.05, 0) is 12.0 Å². The third kappa shape index (κ3) is 3.64. The van der Waals surface area contributed by atoms with Crippen LogP contribution in [0.4, 0.5) is 0 Å². The fourth-order valence-electron chi connectivity index (χ4n) is 1.41. The summed E-state index contributed by atoms with van der Waals surface area (Å²) in [6.45, 7) is 0.297. The molecule has 0 heterocycles. The highest BCUT2D eigenvalue weighted by Gasteiger charge is 2.16. The van der Waals surface area contributed by atoms with Crippen molar-refractivity contribution in [2.24, 2.45) is 5.73 Å². The number of rotatable bonds is 5. The molecule has 88 valence electrons. The van der Waals surface area contributed by atoms with Crippen LogP contribution in [-0.2, 0) is 11.2 Å². The molecule has 3 N–H and O–H groups in total. The van der Waals surface area contributed by atoms with E-state index in [9.17, 15) is 4.79 Å². The van der Waals surface area contributed by atoms with Gasteiger partial charge < -0.3 is 15.7 Å². The van der Waals surface area contributed by atoms with Gasteiger partial charge in [0.15, 0.2) is 0 Å². The summed E-state index contributed by atoms with van der Waals surface area (Å²) in [7, 11) is 1.70. The second kappa shape index (κ2) is 6.25. The Morgan fingerprint density at radius 2 is 2.06 bits per heavy atom. The molecule has 1 unspecified atom stereocenters. The van der Waals surface area contributed by atoms with Gasteiger partial charge >= 0.3 is 0 Å². The standard InChI is InChI=1S/C12H18N2O2/c1-14(12(16)11(13)9-15)8-7-10-5-3-2-4-6-10/h2-6,11,15H,7-9,13H2,1H3. The Morgan fingerprint density at radius 1 is 1.44 bits per heavy atom. The summed E-state index contributed by atoms with van der Waals surface area (Å²) in [5.74, 6) is -0.224. The lowest BCUT2D eigenvalue weighted by Crippen LogP contribution is -2.44. The Hall–Kier alpha value is -1.39. The molecule has 0 aliphatic rings. The Bertz CT molecular complexity index is 327. The van der Waals surface area contributed by atoms with E-state index in [0.29, 0.717) is 6.54 Å². The molecule has 0 fully saturated rings. The number of carbonyl (C=O) groups is 1. The van der Waals surface area contributed by atoms with Crippen molar-refractivity contribution in [2.45, 2.75) is 12.5 Å². The summed E-state index contributed by atoms with van der Waals surface area (Å²) in [5, 5.41) is 8.77. The summed E-state index contributed by atoms with van der Waals surface area (Å²) in [4.78, 5) is 13.1. The van der Waals surface area contributed by atoms with E-state index in [-0.39, 0.29) is 12.5 Å². The minimum absolute atomic E-state index is 0.224. The van der Waals surface area contributed by atoms with E-state index in [1.54, 1.807) is 11.9 Å². The first kappa shape index (κ1) is 12.7. The lowest BCUT2D eigenvalue weighted by atomic mass is 10.1. The highest BCUT2D eigenvalue weighted by Crippen LogP contribution is 2.01. The molecule has 1 aromatic rings. The van der Waals surface area contributed by atoms with Gasteiger partial charge in [-0.1, -0.05) is 30.3 Å². The van der Waals surface area contributed by atoms with Crippen LogP contribution in [0.25, 0.3) is 0 Å². The van der Waals surface area contributed by atoms with E-state index >= 15 is 0 Å². The summed E-state index contributed by atoms with van der Waals surface area (Å²) in [5.41, 5.74) is 6.63. The maximum Gasteiger partial charge on any atom is 0.241 e. The second-order valence-corrected chi connectivity index (χ2v) is 3.78. The van der Waals surface area contributed by atoms with Gasteiger partial charge in [0.1, 0.15) is 6.04 Å². The van der Waals surface area contributed by atoms with Crippen molar-refractivity contribution in [3.63, 3.8) is 0 Å². The third-order valence-electron chi connectivity index (χ3n) is 2.47. The minimum atomic E-state index is -0.805. The number of aliphatic hydroxyl groups excluding tert-OH is 1. The number of hydrogen-bond donors (Lipinski definition) is 2. The normalized spacial score (nSPS) is 12.2. The molecule has 0 saturated heterocycles. The predicted octanol–water partition coefficient (Wildman–Crippen LogP) is 0.00710. The van der Waals surface area contributed by atoms with E-state index in [2.05, 4.69) is 0 Å². The fourth-order valence-corrected chi connectivity index (χ4v) is 1.41. The average molecular weight is 222 g/mol. The van der Waals surface area contributed by atoms with Crippen molar-refractivity contribution < 1.29 is 9.90 Å². The molecule has 0 spiro atoms. The fraction of sp³-hybridized carbons (Fsp3) is 0.417. The molecule has 0 saturated carbocycles. The van der Waals surface area contributed by atoms with Gasteiger partial charge in [-0.25, -0.2) is 0 Å². The number of nitrogens with two attached hydrogens (primary N) is 1. The molecule has 1 aromatic carbocycles. The third-order valence-corrected chi connectivity index (χ3v) is 2.47. The lowest BCUT2D eigenvalue weighted by molar-refractivity contribution is -0.132. The predicted molar refractivity (Wildman–Crippen MR) is 62.8 cm³/mol. The van der Waals surface area contributed by atoms with Gasteiger partial charge in [-0.2, -0.15) is 0 Å². The smallest absolute Gasteiger partial charge is 0.241 e. The quantitative estimate of drug-likeness (QED) is 0.737. The molecule has 16 heavy (non-hydrogen) atoms. The van der Waals surface area contributed by atoms with Crippen molar-refractivity contribution in [3.8, 4) is 0 Å². The Balaban J connectivity index is 2.41. The molecule has 1 rings (SSSR count). The molecular formula is C12H18N2O2. The van der Waals surface area contributed by atoms with Crippen LogP contribution < -0.4 is 5.73 Å². The zero-order valence-corrected chi connectivity index (χ0v) is 9.47. The average Bonchev–Trinajstić information content (AvgIpc) is 2.35. The Morgan fingerprint density at radius 3 is 2.62 bits per heavy atom. The molecule has 1 atom stereocenters. The molecule has 0 aromatic heterocycles. The Kier molecular flexibility index (Phi) is 4.95. The van der Waals surface area contributed by atoms with Crippen LogP contribution in [0, 0.1) is 0 Å². The zero-order valence-electron chi connectivity index (χ0n) is 9.47. The van der Waals surface area contributed by atoms with Crippen LogP contribution >= 0.6 is 0 Å². The number of aliphatic hydroxyl groups is 1. The van der Waals surface area contributed by atoms with Crippen molar-refractivity contribution in [3.05, 3.63) is 35.9 Å². The van der Waals surface area contributed by atoms with E-state index in [1.807, 2.05) is 30.3 Å². The van der Waals surface area contributed by atoms with E-state index in [4.69, 9.17) is 10.8 Å². The SMILES string of the molecule is CN(CCc1ccccc1)C(=O)C(N)CO. The number of benzene rings is 1. The maximum atomic E-state index is 11.5. The van der Waals surface area contributed by atoms with Crippen molar-refractivity contribution in [1.29, 1.82) is 0 Å². The summed E-state index contributed by atoms with van der Waals surface area (Å²) >= 11 is 0. The first-order chi connectivity index (χ1) is 7.65. The van der Waals surface area contributed by atoms with Crippen molar-refractivity contribution >= 4 is 5.91 Å². The number of nitrogens with zero attached hydrogens (tertiary/aromatic N) is 1. The number of amides is 1. The van der Waals surface area contributed by atoms with Crippen molar-refractivity contribution in [1.82, 2.24) is 4.90 Å². The first-order valence-electron chi connectivity index (χ1n) is 5.30. The lowest BCUT2D eigenvalue weighted by Gasteiger charge is -2.20. The summed E-state index contributed by atoms with van der Waals surface area (Å²) in [6.07, 6.45) is 0.793. The molecular weight excluding hydrogens is 204 g/mol. The molecule has 0 aliphatic heterocycles. The Labute approximate surface area is 95.7 Å². The number of hydrogen-bond acceptors (Lipinski definition) is 3.